The lowest BCUT2D eigenvalue weighted by Crippen LogP contribution is -2.51. The van der Waals surface area contributed by atoms with Crippen molar-refractivity contribution in [2.45, 2.75) is 25.3 Å². The number of carbonyl (C=O) groups excluding carboxylic acids is 3. The van der Waals surface area contributed by atoms with Crippen molar-refractivity contribution in [1.82, 2.24) is 4.90 Å². The third kappa shape index (κ3) is 6.39. The Balaban J connectivity index is 1.64. The summed E-state index contributed by atoms with van der Waals surface area (Å²) in [4.78, 5) is 40.5. The molecule has 11 heteroatoms. The summed E-state index contributed by atoms with van der Waals surface area (Å²) in [6.07, 6.45) is 1.79. The molecule has 2 aromatic rings. The second kappa shape index (κ2) is 13.4. The highest BCUT2D eigenvalue weighted by Crippen LogP contribution is 2.38. The number of hydrogen-bond acceptors (Lipinski definition) is 10. The van der Waals surface area contributed by atoms with E-state index in [0.29, 0.717) is 35.8 Å². The summed E-state index contributed by atoms with van der Waals surface area (Å²) in [7, 11) is 7.33. The van der Waals surface area contributed by atoms with Gasteiger partial charge in [-0.05, 0) is 43.5 Å². The Bertz CT molecular complexity index is 1120. The van der Waals surface area contributed by atoms with Gasteiger partial charge in [-0.25, -0.2) is 4.79 Å². The van der Waals surface area contributed by atoms with Crippen LogP contribution in [0.2, 0.25) is 0 Å². The monoisotopic (exact) mass is 531 g/mol. The standard InChI is InChI=1S/C27H33NO10/c1-32-20-10-9-18(16-21(20)33-2)37-12-13-38-27(31)19-8-6-7-11-28(19)26(30)24(29)17-14-22(34-3)25(36-5)23(15-17)35-4/h9-10,14-16,19H,6-8,11-13H2,1-5H3. The number of esters is 1. The van der Waals surface area contributed by atoms with Crippen LogP contribution >= 0.6 is 0 Å². The summed E-state index contributed by atoms with van der Waals surface area (Å²) in [6, 6.07) is 7.02. The van der Waals surface area contributed by atoms with E-state index in [2.05, 4.69) is 0 Å². The average Bonchev–Trinajstić information content (AvgIpc) is 2.97. The molecule has 11 nitrogen and oxygen atoms in total. The minimum absolute atomic E-state index is 0.0352. The molecule has 1 saturated heterocycles. The fourth-order valence-corrected chi connectivity index (χ4v) is 4.19. The van der Waals surface area contributed by atoms with Crippen LogP contribution in [0.15, 0.2) is 30.3 Å². The summed E-state index contributed by atoms with van der Waals surface area (Å²) in [5.41, 5.74) is 0.0607. The lowest BCUT2D eigenvalue weighted by atomic mass is 10.00. The maximum atomic E-state index is 13.2. The number of hydrogen-bond donors (Lipinski definition) is 0. The Morgan fingerprint density at radius 1 is 0.789 bits per heavy atom. The quantitative estimate of drug-likeness (QED) is 0.175. The largest absolute Gasteiger partial charge is 0.493 e. The van der Waals surface area contributed by atoms with Crippen molar-refractivity contribution in [3.05, 3.63) is 35.9 Å². The first-order valence-corrected chi connectivity index (χ1v) is 12.0. The number of nitrogens with zero attached hydrogens (tertiary/aromatic N) is 1. The molecule has 0 spiro atoms. The molecule has 1 amide bonds. The molecule has 0 N–H and O–H groups in total. The normalized spacial score (nSPS) is 14.8. The Labute approximate surface area is 221 Å². The predicted molar refractivity (Wildman–Crippen MR) is 136 cm³/mol. The molecule has 2 aromatic carbocycles. The predicted octanol–water partition coefficient (Wildman–Crippen LogP) is 2.92. The van der Waals surface area contributed by atoms with Crippen molar-refractivity contribution in [3.63, 3.8) is 0 Å². The van der Waals surface area contributed by atoms with Gasteiger partial charge in [0, 0.05) is 18.2 Å². The van der Waals surface area contributed by atoms with E-state index in [0.717, 1.165) is 6.42 Å². The van der Waals surface area contributed by atoms with E-state index in [1.807, 2.05) is 0 Å². The van der Waals surface area contributed by atoms with Gasteiger partial charge in [0.05, 0.1) is 35.5 Å². The maximum Gasteiger partial charge on any atom is 0.328 e. The van der Waals surface area contributed by atoms with Crippen LogP contribution in [0.3, 0.4) is 0 Å². The number of likely N-dealkylation sites (tertiary alicyclic amines) is 1. The fourth-order valence-electron chi connectivity index (χ4n) is 4.19. The van der Waals surface area contributed by atoms with Crippen molar-refractivity contribution in [2.24, 2.45) is 0 Å². The Hall–Kier alpha value is -4.15. The van der Waals surface area contributed by atoms with Gasteiger partial charge in [0.15, 0.2) is 23.0 Å². The molecular weight excluding hydrogens is 498 g/mol. The van der Waals surface area contributed by atoms with Gasteiger partial charge in [0.2, 0.25) is 5.75 Å². The smallest absolute Gasteiger partial charge is 0.328 e. The fraction of sp³-hybridized carbons (Fsp3) is 0.444. The van der Waals surface area contributed by atoms with Crippen LogP contribution in [-0.4, -0.2) is 83.9 Å². The molecule has 3 rings (SSSR count). The zero-order valence-corrected chi connectivity index (χ0v) is 22.2. The molecule has 1 aliphatic rings. The molecule has 1 fully saturated rings. The molecule has 0 aliphatic carbocycles. The summed E-state index contributed by atoms with van der Waals surface area (Å²) in [5, 5.41) is 0. The van der Waals surface area contributed by atoms with E-state index in [9.17, 15) is 14.4 Å². The third-order valence-corrected chi connectivity index (χ3v) is 6.11. The summed E-state index contributed by atoms with van der Waals surface area (Å²) in [6.45, 7) is 0.315. The van der Waals surface area contributed by atoms with Crippen LogP contribution in [0.1, 0.15) is 29.6 Å². The van der Waals surface area contributed by atoms with Gasteiger partial charge in [0.1, 0.15) is 25.0 Å². The number of rotatable bonds is 12. The number of methoxy groups -OCH3 is 5. The van der Waals surface area contributed by atoms with Crippen molar-refractivity contribution in [3.8, 4) is 34.5 Å². The van der Waals surface area contributed by atoms with Crippen molar-refractivity contribution >= 4 is 17.7 Å². The minimum Gasteiger partial charge on any atom is -0.493 e. The van der Waals surface area contributed by atoms with Gasteiger partial charge in [-0.15, -0.1) is 0 Å². The van der Waals surface area contributed by atoms with Crippen LogP contribution in [-0.2, 0) is 14.3 Å². The van der Waals surface area contributed by atoms with Gasteiger partial charge in [-0.3, -0.25) is 9.59 Å². The highest BCUT2D eigenvalue weighted by atomic mass is 16.6. The molecule has 1 atom stereocenters. The van der Waals surface area contributed by atoms with Gasteiger partial charge in [-0.1, -0.05) is 0 Å². The Kier molecular flexibility index (Phi) is 10.0. The molecule has 0 aromatic heterocycles. The number of piperidine rings is 1. The zero-order valence-electron chi connectivity index (χ0n) is 22.2. The van der Waals surface area contributed by atoms with Crippen LogP contribution in [0.5, 0.6) is 34.5 Å². The van der Waals surface area contributed by atoms with Crippen LogP contribution in [0.4, 0.5) is 0 Å². The molecular formula is C27H33NO10. The molecule has 206 valence electrons. The second-order valence-corrected chi connectivity index (χ2v) is 8.29. The zero-order chi connectivity index (χ0) is 27.7. The van der Waals surface area contributed by atoms with Gasteiger partial charge in [0.25, 0.3) is 11.7 Å². The van der Waals surface area contributed by atoms with E-state index < -0.39 is 23.7 Å². The molecule has 0 radical (unpaired) electrons. The van der Waals surface area contributed by atoms with Gasteiger partial charge in [-0.2, -0.15) is 0 Å². The lowest BCUT2D eigenvalue weighted by molar-refractivity contribution is -0.156. The van der Waals surface area contributed by atoms with Gasteiger partial charge < -0.3 is 38.1 Å². The maximum absolute atomic E-state index is 13.2. The van der Waals surface area contributed by atoms with Crippen LogP contribution in [0.25, 0.3) is 0 Å². The van der Waals surface area contributed by atoms with Crippen molar-refractivity contribution < 1.29 is 47.5 Å². The molecule has 0 bridgehead atoms. The van der Waals surface area contributed by atoms with E-state index in [1.165, 1.54) is 52.6 Å². The van der Waals surface area contributed by atoms with Crippen molar-refractivity contribution in [2.75, 3.05) is 55.3 Å². The summed E-state index contributed by atoms with van der Waals surface area (Å²) < 4.78 is 37.3. The SMILES string of the molecule is COc1ccc(OCCOC(=O)C2CCCCN2C(=O)C(=O)c2cc(OC)c(OC)c(OC)c2)cc1OC. The molecule has 1 aliphatic heterocycles. The average molecular weight is 532 g/mol. The second-order valence-electron chi connectivity index (χ2n) is 8.29. The van der Waals surface area contributed by atoms with Crippen molar-refractivity contribution in [1.29, 1.82) is 0 Å². The first-order chi connectivity index (χ1) is 18.4. The van der Waals surface area contributed by atoms with Gasteiger partial charge >= 0.3 is 5.97 Å². The van der Waals surface area contributed by atoms with E-state index in [1.54, 1.807) is 18.2 Å². The van der Waals surface area contributed by atoms with Crippen LogP contribution < -0.4 is 28.4 Å². The number of ether oxygens (including phenoxy) is 7. The number of benzene rings is 2. The molecule has 1 heterocycles. The number of ketones is 1. The number of amides is 1. The molecule has 38 heavy (non-hydrogen) atoms. The first kappa shape index (κ1) is 28.4. The third-order valence-electron chi connectivity index (χ3n) is 6.11. The molecule has 1 unspecified atom stereocenters. The lowest BCUT2D eigenvalue weighted by Gasteiger charge is -2.33. The first-order valence-electron chi connectivity index (χ1n) is 12.0. The Morgan fingerprint density at radius 3 is 2.05 bits per heavy atom. The summed E-state index contributed by atoms with van der Waals surface area (Å²) in [5.74, 6) is 0.191. The number of Topliss-reactive ketones (excluding diaryl/α,β-unsaturated/α-hetero) is 1. The van der Waals surface area contributed by atoms with E-state index >= 15 is 0 Å². The molecule has 0 saturated carbocycles. The topological polar surface area (TPSA) is 119 Å². The number of carbonyl (C=O) groups is 3. The minimum atomic E-state index is -0.872. The van der Waals surface area contributed by atoms with Crippen LogP contribution in [0, 0.1) is 0 Å². The summed E-state index contributed by atoms with van der Waals surface area (Å²) >= 11 is 0. The Morgan fingerprint density at radius 2 is 1.45 bits per heavy atom. The van der Waals surface area contributed by atoms with E-state index in [-0.39, 0.29) is 36.8 Å². The highest BCUT2D eigenvalue weighted by Gasteiger charge is 2.37. The highest BCUT2D eigenvalue weighted by molar-refractivity contribution is 6.43. The van der Waals surface area contributed by atoms with E-state index in [4.69, 9.17) is 33.2 Å².